The lowest BCUT2D eigenvalue weighted by Gasteiger charge is -2.25. The summed E-state index contributed by atoms with van der Waals surface area (Å²) in [6.07, 6.45) is 8.86. The van der Waals surface area contributed by atoms with Crippen molar-refractivity contribution < 1.29 is 14.3 Å². The van der Waals surface area contributed by atoms with Gasteiger partial charge in [0.15, 0.2) is 0 Å². The number of hydrogen-bond acceptors (Lipinski definition) is 4. The van der Waals surface area contributed by atoms with Crippen LogP contribution in [0.1, 0.15) is 44.1 Å². The number of pyridine rings is 1. The summed E-state index contributed by atoms with van der Waals surface area (Å²) in [7, 11) is 0. The maximum absolute atomic E-state index is 12.7. The molecule has 1 atom stereocenters. The van der Waals surface area contributed by atoms with E-state index >= 15 is 0 Å². The molecule has 3 rings (SSSR count). The number of carbonyl (C=O) groups excluding carboxylic acids is 2. The smallest absolute Gasteiger partial charge is 0.223 e. The third-order valence-electron chi connectivity index (χ3n) is 4.71. The highest BCUT2D eigenvalue weighted by molar-refractivity contribution is 5.81. The fraction of sp³-hybridized carbons (Fsp3) is 0.632. The van der Waals surface area contributed by atoms with Gasteiger partial charge in [0.1, 0.15) is 0 Å². The van der Waals surface area contributed by atoms with E-state index in [0.29, 0.717) is 32.5 Å². The number of nitrogens with one attached hydrogen (secondary N) is 1. The van der Waals surface area contributed by atoms with Crippen molar-refractivity contribution in [3.05, 3.63) is 30.1 Å². The summed E-state index contributed by atoms with van der Waals surface area (Å²) in [5.41, 5.74) is 1.02. The Balaban J connectivity index is 1.47. The quantitative estimate of drug-likeness (QED) is 0.694. The van der Waals surface area contributed by atoms with E-state index in [9.17, 15) is 9.59 Å². The van der Waals surface area contributed by atoms with Crippen LogP contribution < -0.4 is 5.32 Å². The summed E-state index contributed by atoms with van der Waals surface area (Å²) >= 11 is 0. The number of amides is 2. The Hall–Kier alpha value is -1.95. The average Bonchev–Trinajstić information content (AvgIpc) is 3.36. The first-order valence-electron chi connectivity index (χ1n) is 9.28. The minimum absolute atomic E-state index is 0.111. The minimum Gasteiger partial charge on any atom is -0.376 e. The van der Waals surface area contributed by atoms with Crippen LogP contribution in [0.4, 0.5) is 0 Å². The van der Waals surface area contributed by atoms with Crippen molar-refractivity contribution >= 4 is 11.8 Å². The van der Waals surface area contributed by atoms with E-state index in [0.717, 1.165) is 37.9 Å². The Kier molecular flexibility index (Phi) is 6.39. The summed E-state index contributed by atoms with van der Waals surface area (Å²) < 4.78 is 5.70. The lowest BCUT2D eigenvalue weighted by molar-refractivity contribution is -0.133. The highest BCUT2D eigenvalue weighted by atomic mass is 16.5. The van der Waals surface area contributed by atoms with Gasteiger partial charge >= 0.3 is 0 Å². The minimum atomic E-state index is 0.111. The molecule has 1 aromatic heterocycles. The SMILES string of the molecule is O=C(NCCCC(=O)N(Cc1cccnc1)CC1CCCO1)C1CC1. The maximum atomic E-state index is 12.7. The van der Waals surface area contributed by atoms with Crippen molar-refractivity contribution in [2.24, 2.45) is 5.92 Å². The fourth-order valence-corrected chi connectivity index (χ4v) is 3.10. The van der Waals surface area contributed by atoms with Gasteiger partial charge in [-0.1, -0.05) is 6.07 Å². The average molecular weight is 345 g/mol. The first kappa shape index (κ1) is 17.9. The second-order valence-electron chi connectivity index (χ2n) is 6.94. The van der Waals surface area contributed by atoms with Gasteiger partial charge in [-0.05, 0) is 43.7 Å². The van der Waals surface area contributed by atoms with Crippen LogP contribution in [0.5, 0.6) is 0 Å². The van der Waals surface area contributed by atoms with E-state index in [1.165, 1.54) is 0 Å². The molecule has 1 unspecified atom stereocenters. The largest absolute Gasteiger partial charge is 0.376 e. The molecule has 0 spiro atoms. The molecule has 136 valence electrons. The molecule has 2 heterocycles. The summed E-state index contributed by atoms with van der Waals surface area (Å²) in [6, 6.07) is 3.87. The molecule has 1 N–H and O–H groups in total. The van der Waals surface area contributed by atoms with Crippen LogP contribution >= 0.6 is 0 Å². The van der Waals surface area contributed by atoms with E-state index < -0.39 is 0 Å². The molecule has 1 saturated heterocycles. The molecule has 6 nitrogen and oxygen atoms in total. The molecule has 1 aliphatic carbocycles. The highest BCUT2D eigenvalue weighted by Gasteiger charge is 2.29. The third-order valence-corrected chi connectivity index (χ3v) is 4.71. The second-order valence-corrected chi connectivity index (χ2v) is 6.94. The Labute approximate surface area is 148 Å². The molecule has 2 fully saturated rings. The Morgan fingerprint density at radius 1 is 1.32 bits per heavy atom. The zero-order valence-corrected chi connectivity index (χ0v) is 14.7. The van der Waals surface area contributed by atoms with Crippen molar-refractivity contribution in [3.8, 4) is 0 Å². The van der Waals surface area contributed by atoms with Crippen LogP contribution in [0.3, 0.4) is 0 Å². The van der Waals surface area contributed by atoms with Crippen LogP contribution in [0.2, 0.25) is 0 Å². The standard InChI is InChI=1S/C19H27N3O3/c23-18(6-2-10-21-19(24)16-7-8-16)22(14-17-5-3-11-25-17)13-15-4-1-9-20-12-15/h1,4,9,12,16-17H,2-3,5-8,10-11,13-14H2,(H,21,24). The number of ether oxygens (including phenoxy) is 1. The van der Waals surface area contributed by atoms with Gasteiger partial charge in [0.25, 0.3) is 0 Å². The Morgan fingerprint density at radius 3 is 2.88 bits per heavy atom. The molecule has 1 aromatic rings. The molecule has 0 bridgehead atoms. The van der Waals surface area contributed by atoms with Gasteiger partial charge < -0.3 is 15.0 Å². The predicted molar refractivity (Wildman–Crippen MR) is 93.6 cm³/mol. The molecule has 6 heteroatoms. The summed E-state index contributed by atoms with van der Waals surface area (Å²) in [5.74, 6) is 0.469. The topological polar surface area (TPSA) is 71.5 Å². The van der Waals surface area contributed by atoms with Gasteiger partial charge in [-0.25, -0.2) is 0 Å². The molecule has 1 saturated carbocycles. The molecule has 1 aliphatic heterocycles. The highest BCUT2D eigenvalue weighted by Crippen LogP contribution is 2.28. The predicted octanol–water partition coefficient (Wildman–Crippen LogP) is 1.90. The van der Waals surface area contributed by atoms with Crippen molar-refractivity contribution in [2.75, 3.05) is 19.7 Å². The van der Waals surface area contributed by atoms with Crippen molar-refractivity contribution in [1.82, 2.24) is 15.2 Å². The molecule has 0 radical (unpaired) electrons. The monoisotopic (exact) mass is 345 g/mol. The van der Waals surface area contributed by atoms with Gasteiger partial charge in [0, 0.05) is 51.0 Å². The maximum Gasteiger partial charge on any atom is 0.223 e. The second kappa shape index (κ2) is 8.94. The molecule has 2 amide bonds. The van der Waals surface area contributed by atoms with Gasteiger partial charge in [0.05, 0.1) is 6.10 Å². The molecular formula is C19H27N3O3. The van der Waals surface area contributed by atoms with Crippen LogP contribution in [-0.4, -0.2) is 47.5 Å². The summed E-state index contributed by atoms with van der Waals surface area (Å²) in [6.45, 7) is 2.54. The van der Waals surface area contributed by atoms with Crippen molar-refractivity contribution in [1.29, 1.82) is 0 Å². The van der Waals surface area contributed by atoms with E-state index in [4.69, 9.17) is 4.74 Å². The van der Waals surface area contributed by atoms with Crippen LogP contribution in [0.25, 0.3) is 0 Å². The van der Waals surface area contributed by atoms with Gasteiger partial charge in [-0.3, -0.25) is 14.6 Å². The van der Waals surface area contributed by atoms with Crippen molar-refractivity contribution in [3.63, 3.8) is 0 Å². The van der Waals surface area contributed by atoms with Crippen molar-refractivity contribution in [2.45, 2.75) is 51.2 Å². The van der Waals surface area contributed by atoms with Crippen LogP contribution in [0, 0.1) is 5.92 Å². The molecule has 2 aliphatic rings. The van der Waals surface area contributed by atoms with Gasteiger partial charge in [-0.15, -0.1) is 0 Å². The number of aromatic nitrogens is 1. The van der Waals surface area contributed by atoms with E-state index in [1.54, 1.807) is 12.4 Å². The number of hydrogen-bond donors (Lipinski definition) is 1. The Morgan fingerprint density at radius 2 is 2.20 bits per heavy atom. The van der Waals surface area contributed by atoms with Crippen LogP contribution in [0.15, 0.2) is 24.5 Å². The van der Waals surface area contributed by atoms with Crippen LogP contribution in [-0.2, 0) is 20.9 Å². The zero-order chi connectivity index (χ0) is 17.5. The number of carbonyl (C=O) groups is 2. The Bertz CT molecular complexity index is 569. The normalized spacial score (nSPS) is 19.6. The number of nitrogens with zero attached hydrogens (tertiary/aromatic N) is 2. The first-order valence-corrected chi connectivity index (χ1v) is 9.28. The summed E-state index contributed by atoms with van der Waals surface area (Å²) in [4.78, 5) is 30.3. The molecule has 25 heavy (non-hydrogen) atoms. The lowest BCUT2D eigenvalue weighted by Crippen LogP contribution is -2.37. The molecular weight excluding hydrogens is 318 g/mol. The fourth-order valence-electron chi connectivity index (χ4n) is 3.10. The number of rotatable bonds is 9. The van der Waals surface area contributed by atoms with Gasteiger partial charge in [-0.2, -0.15) is 0 Å². The van der Waals surface area contributed by atoms with E-state index in [1.807, 2.05) is 17.0 Å². The van der Waals surface area contributed by atoms with E-state index in [2.05, 4.69) is 10.3 Å². The third kappa shape index (κ3) is 5.81. The van der Waals surface area contributed by atoms with E-state index in [-0.39, 0.29) is 23.8 Å². The molecule has 0 aromatic carbocycles. The summed E-state index contributed by atoms with van der Waals surface area (Å²) in [5, 5.41) is 2.92. The first-order chi connectivity index (χ1) is 12.2. The zero-order valence-electron chi connectivity index (χ0n) is 14.7. The van der Waals surface area contributed by atoms with Gasteiger partial charge in [0.2, 0.25) is 11.8 Å². The lowest BCUT2D eigenvalue weighted by atomic mass is 10.2.